The molecule has 2 aromatic carbocycles. The van der Waals surface area contributed by atoms with Gasteiger partial charge < -0.3 is 9.67 Å². The average Bonchev–Trinajstić information content (AvgIpc) is 3.02. The largest absolute Gasteiger partial charge is 0.407 e. The molecule has 0 saturated heterocycles. The van der Waals surface area contributed by atoms with E-state index in [4.69, 9.17) is 6.57 Å². The van der Waals surface area contributed by atoms with Gasteiger partial charge >= 0.3 is 6.18 Å². The van der Waals surface area contributed by atoms with Gasteiger partial charge in [-0.05, 0) is 36.8 Å². The number of alkyl halides is 3. The van der Waals surface area contributed by atoms with E-state index in [0.717, 1.165) is 27.5 Å². The highest BCUT2D eigenvalue weighted by Crippen LogP contribution is 2.37. The summed E-state index contributed by atoms with van der Waals surface area (Å²) in [5.74, 6) is -0.611. The topological polar surface area (TPSA) is 46.6 Å². The van der Waals surface area contributed by atoms with E-state index < -0.39 is 28.8 Å². The highest BCUT2D eigenvalue weighted by Gasteiger charge is 2.35. The van der Waals surface area contributed by atoms with Crippen molar-refractivity contribution in [2.45, 2.75) is 31.7 Å². The molecule has 3 rings (SSSR count). The molecule has 0 aliphatic rings. The Labute approximate surface area is 173 Å². The van der Waals surface area contributed by atoms with Gasteiger partial charge in [-0.3, -0.25) is 4.79 Å². The SMILES string of the molecule is [C-]#[N+]c1ccc(CC(=O)[C@@](C)(O)Cn2ccc3cc(Br)ccc32)cc1C(F)(F)F. The number of nitrogens with zero attached hydrogens (tertiary/aromatic N) is 2. The molecule has 3 aromatic rings. The second kappa shape index (κ2) is 7.65. The van der Waals surface area contributed by atoms with Crippen LogP contribution < -0.4 is 0 Å². The van der Waals surface area contributed by atoms with Gasteiger partial charge in [0.05, 0.1) is 18.7 Å². The molecule has 0 aliphatic heterocycles. The van der Waals surface area contributed by atoms with Crippen LogP contribution in [0.5, 0.6) is 0 Å². The van der Waals surface area contributed by atoms with Crippen LogP contribution in [0.3, 0.4) is 0 Å². The molecule has 0 spiro atoms. The second-order valence-corrected chi connectivity index (χ2v) is 7.90. The number of halogens is 4. The number of hydrogen-bond donors (Lipinski definition) is 1. The van der Waals surface area contributed by atoms with Crippen molar-refractivity contribution in [3.63, 3.8) is 0 Å². The average molecular weight is 465 g/mol. The van der Waals surface area contributed by atoms with Gasteiger partial charge in [-0.25, -0.2) is 4.85 Å². The van der Waals surface area contributed by atoms with Crippen LogP contribution in [0.4, 0.5) is 18.9 Å². The fourth-order valence-electron chi connectivity index (χ4n) is 3.12. The quantitative estimate of drug-likeness (QED) is 0.504. The molecule has 0 aliphatic carbocycles. The van der Waals surface area contributed by atoms with Crippen LogP contribution >= 0.6 is 15.9 Å². The lowest BCUT2D eigenvalue weighted by molar-refractivity contribution is -0.138. The fourth-order valence-corrected chi connectivity index (χ4v) is 3.50. The van der Waals surface area contributed by atoms with Crippen LogP contribution in [0, 0.1) is 6.57 Å². The predicted octanol–water partition coefficient (Wildman–Crippen LogP) is 5.54. The third kappa shape index (κ3) is 4.52. The predicted molar refractivity (Wildman–Crippen MR) is 107 cm³/mol. The zero-order valence-corrected chi connectivity index (χ0v) is 16.9. The Bertz CT molecular complexity index is 1130. The Morgan fingerprint density at radius 3 is 2.59 bits per heavy atom. The van der Waals surface area contributed by atoms with Gasteiger partial charge in [0, 0.05) is 28.0 Å². The number of benzene rings is 2. The number of Topliss-reactive ketones (excluding diaryl/α,β-unsaturated/α-hetero) is 1. The maximum absolute atomic E-state index is 13.1. The number of fused-ring (bicyclic) bond motifs is 1. The van der Waals surface area contributed by atoms with E-state index in [-0.39, 0.29) is 18.5 Å². The Morgan fingerprint density at radius 1 is 1.21 bits per heavy atom. The molecule has 150 valence electrons. The minimum atomic E-state index is -4.69. The molecule has 0 amide bonds. The van der Waals surface area contributed by atoms with Crippen molar-refractivity contribution in [3.05, 3.63) is 75.7 Å². The van der Waals surface area contributed by atoms with Gasteiger partial charge in [0.15, 0.2) is 11.5 Å². The zero-order chi connectivity index (χ0) is 21.4. The lowest BCUT2D eigenvalue weighted by Gasteiger charge is -2.23. The molecule has 0 saturated carbocycles. The van der Waals surface area contributed by atoms with Gasteiger partial charge in [-0.2, -0.15) is 13.2 Å². The Morgan fingerprint density at radius 2 is 1.93 bits per heavy atom. The minimum absolute atomic E-state index is 0.0385. The molecule has 0 bridgehead atoms. The van der Waals surface area contributed by atoms with Gasteiger partial charge in [0.2, 0.25) is 0 Å². The van der Waals surface area contributed by atoms with Crippen LogP contribution in [0.1, 0.15) is 18.1 Å². The highest BCUT2D eigenvalue weighted by atomic mass is 79.9. The lowest BCUT2D eigenvalue weighted by Crippen LogP contribution is -2.40. The fraction of sp³-hybridized carbons (Fsp3) is 0.238. The molecule has 1 N–H and O–H groups in total. The maximum Gasteiger partial charge on any atom is 0.407 e. The standard InChI is InChI=1S/C21H16BrF3N2O2/c1-20(29,12-27-8-7-14-11-15(22)4-6-18(14)27)19(28)10-13-3-5-17(26-2)16(9-13)21(23,24)25/h3-9,11,29H,10,12H2,1H3/t20-/m0/s1. The van der Waals surface area contributed by atoms with E-state index in [9.17, 15) is 23.1 Å². The Balaban J connectivity index is 1.83. The molecule has 4 nitrogen and oxygen atoms in total. The number of carbonyl (C=O) groups is 1. The smallest absolute Gasteiger partial charge is 0.380 e. The summed E-state index contributed by atoms with van der Waals surface area (Å²) in [4.78, 5) is 15.5. The first-order chi connectivity index (χ1) is 13.5. The van der Waals surface area contributed by atoms with Crippen LogP contribution in [0.15, 0.2) is 53.1 Å². The lowest BCUT2D eigenvalue weighted by atomic mass is 9.94. The summed E-state index contributed by atoms with van der Waals surface area (Å²) in [5.41, 5.74) is -2.47. The molecule has 0 fully saturated rings. The van der Waals surface area contributed by atoms with Crippen molar-refractivity contribution in [3.8, 4) is 0 Å². The van der Waals surface area contributed by atoms with Crippen molar-refractivity contribution in [2.24, 2.45) is 0 Å². The van der Waals surface area contributed by atoms with Gasteiger partial charge in [-0.15, -0.1) is 0 Å². The highest BCUT2D eigenvalue weighted by molar-refractivity contribution is 9.10. The number of carbonyl (C=O) groups excluding carboxylic acids is 1. The Kier molecular flexibility index (Phi) is 5.57. The van der Waals surface area contributed by atoms with E-state index >= 15 is 0 Å². The van der Waals surface area contributed by atoms with E-state index in [1.165, 1.54) is 13.0 Å². The summed E-state index contributed by atoms with van der Waals surface area (Å²) in [6.45, 7) is 8.18. The molecule has 1 aromatic heterocycles. The molecule has 0 unspecified atom stereocenters. The number of aromatic nitrogens is 1. The number of rotatable bonds is 5. The molecule has 0 radical (unpaired) electrons. The molecule has 1 atom stereocenters. The monoisotopic (exact) mass is 464 g/mol. The Hall–Kier alpha value is -2.63. The third-order valence-corrected chi connectivity index (χ3v) is 5.16. The molecular weight excluding hydrogens is 449 g/mol. The van der Waals surface area contributed by atoms with Crippen LogP contribution in [-0.4, -0.2) is 21.1 Å². The minimum Gasteiger partial charge on any atom is -0.380 e. The van der Waals surface area contributed by atoms with E-state index in [1.54, 1.807) is 10.8 Å². The summed E-state index contributed by atoms with van der Waals surface area (Å²) in [7, 11) is 0. The van der Waals surface area contributed by atoms with E-state index in [1.807, 2.05) is 24.3 Å². The second-order valence-electron chi connectivity index (χ2n) is 6.98. The van der Waals surface area contributed by atoms with Gasteiger partial charge in [0.1, 0.15) is 5.60 Å². The molecular formula is C21H16BrF3N2O2. The van der Waals surface area contributed by atoms with E-state index in [0.29, 0.717) is 0 Å². The number of hydrogen-bond acceptors (Lipinski definition) is 2. The summed E-state index contributed by atoms with van der Waals surface area (Å²) in [6.07, 6.45) is -3.33. The maximum atomic E-state index is 13.1. The van der Waals surface area contributed by atoms with Gasteiger partial charge in [0.25, 0.3) is 0 Å². The molecule has 8 heteroatoms. The number of aliphatic hydroxyl groups is 1. The first-order valence-corrected chi connectivity index (χ1v) is 9.38. The normalized spacial score (nSPS) is 13.8. The van der Waals surface area contributed by atoms with Gasteiger partial charge in [-0.1, -0.05) is 34.1 Å². The zero-order valence-electron chi connectivity index (χ0n) is 15.3. The first-order valence-electron chi connectivity index (χ1n) is 8.59. The van der Waals surface area contributed by atoms with E-state index in [2.05, 4.69) is 20.8 Å². The van der Waals surface area contributed by atoms with Crippen molar-refractivity contribution in [1.82, 2.24) is 4.57 Å². The van der Waals surface area contributed by atoms with Crippen LogP contribution in [-0.2, 0) is 23.9 Å². The van der Waals surface area contributed by atoms with Crippen LogP contribution in [0.2, 0.25) is 0 Å². The summed E-state index contributed by atoms with van der Waals surface area (Å²) < 4.78 is 42.0. The molecule has 1 heterocycles. The summed E-state index contributed by atoms with van der Waals surface area (Å²) in [5, 5.41) is 11.6. The van der Waals surface area contributed by atoms with Crippen molar-refractivity contribution >= 4 is 38.3 Å². The van der Waals surface area contributed by atoms with Crippen molar-refractivity contribution in [1.29, 1.82) is 0 Å². The van der Waals surface area contributed by atoms with Crippen molar-refractivity contribution in [2.75, 3.05) is 0 Å². The number of ketones is 1. The van der Waals surface area contributed by atoms with Crippen LogP contribution in [0.25, 0.3) is 15.7 Å². The first kappa shape index (κ1) is 21.1. The summed E-state index contributed by atoms with van der Waals surface area (Å²) >= 11 is 3.38. The summed E-state index contributed by atoms with van der Waals surface area (Å²) in [6, 6.07) is 10.6. The van der Waals surface area contributed by atoms with Crippen molar-refractivity contribution < 1.29 is 23.1 Å². The third-order valence-electron chi connectivity index (χ3n) is 4.66. The molecule has 29 heavy (non-hydrogen) atoms.